The van der Waals surface area contributed by atoms with Gasteiger partial charge in [0.2, 0.25) is 23.9 Å². The topological polar surface area (TPSA) is 81.7 Å². The smallest absolute Gasteiger partial charge is 0.233 e. The van der Waals surface area contributed by atoms with Crippen molar-refractivity contribution in [2.24, 2.45) is 7.05 Å². The van der Waals surface area contributed by atoms with Crippen LogP contribution in [0.2, 0.25) is 0 Å². The van der Waals surface area contributed by atoms with E-state index in [0.717, 1.165) is 11.3 Å². The molecule has 78 valence electrons. The zero-order valence-electron chi connectivity index (χ0n) is 8.85. The standard InChI is InChI=1S/C9H11N5O/c1-5-7(8(10)14(3)4-11-5)9-12-6(2)15-13-9/h4,10H,1-3H3/p+1. The van der Waals surface area contributed by atoms with E-state index in [1.165, 1.54) is 0 Å². The molecule has 0 saturated heterocycles. The molecule has 2 aromatic rings. The number of anilines is 1. The SMILES string of the molecule is Cc1nc(-c2c(C)nc[n+](C)c2N)no1. The quantitative estimate of drug-likeness (QED) is 0.672. The van der Waals surface area contributed by atoms with Gasteiger partial charge in [0.1, 0.15) is 11.3 Å². The van der Waals surface area contributed by atoms with Gasteiger partial charge in [-0.1, -0.05) is 5.16 Å². The predicted molar refractivity (Wildman–Crippen MR) is 52.6 cm³/mol. The maximum Gasteiger partial charge on any atom is 0.233 e. The Morgan fingerprint density at radius 3 is 2.73 bits per heavy atom. The summed E-state index contributed by atoms with van der Waals surface area (Å²) in [6, 6.07) is 0. The summed E-state index contributed by atoms with van der Waals surface area (Å²) in [6.45, 7) is 3.59. The number of hydrogen-bond acceptors (Lipinski definition) is 5. The third-order valence-electron chi connectivity index (χ3n) is 2.17. The summed E-state index contributed by atoms with van der Waals surface area (Å²) in [4.78, 5) is 8.32. The molecule has 0 unspecified atom stereocenters. The van der Waals surface area contributed by atoms with E-state index < -0.39 is 0 Å². The van der Waals surface area contributed by atoms with Crippen molar-refractivity contribution >= 4 is 5.82 Å². The number of nitrogens with zero attached hydrogens (tertiary/aromatic N) is 4. The van der Waals surface area contributed by atoms with Crippen molar-refractivity contribution in [1.82, 2.24) is 15.1 Å². The molecule has 0 spiro atoms. The molecule has 0 saturated carbocycles. The second kappa shape index (κ2) is 3.30. The molecule has 2 aromatic heterocycles. The summed E-state index contributed by atoms with van der Waals surface area (Å²) in [7, 11) is 1.82. The van der Waals surface area contributed by atoms with Gasteiger partial charge in [0.25, 0.3) is 0 Å². The first-order valence-corrected chi connectivity index (χ1v) is 4.51. The number of aryl methyl sites for hydroxylation is 3. The highest BCUT2D eigenvalue weighted by atomic mass is 16.5. The summed E-state index contributed by atoms with van der Waals surface area (Å²) in [6.07, 6.45) is 1.65. The Hall–Kier alpha value is -1.98. The maximum absolute atomic E-state index is 5.93. The van der Waals surface area contributed by atoms with Crippen molar-refractivity contribution in [1.29, 1.82) is 0 Å². The monoisotopic (exact) mass is 206 g/mol. The van der Waals surface area contributed by atoms with E-state index in [4.69, 9.17) is 10.3 Å². The highest BCUT2D eigenvalue weighted by Gasteiger charge is 2.19. The second-order valence-electron chi connectivity index (χ2n) is 3.34. The fraction of sp³-hybridized carbons (Fsp3) is 0.333. The first-order chi connectivity index (χ1) is 7.09. The van der Waals surface area contributed by atoms with Gasteiger partial charge in [-0.05, 0) is 6.92 Å². The first-order valence-electron chi connectivity index (χ1n) is 4.51. The number of rotatable bonds is 1. The van der Waals surface area contributed by atoms with E-state index in [9.17, 15) is 0 Å². The van der Waals surface area contributed by atoms with Crippen molar-refractivity contribution in [3.05, 3.63) is 17.9 Å². The maximum atomic E-state index is 5.93. The van der Waals surface area contributed by atoms with Gasteiger partial charge >= 0.3 is 0 Å². The molecule has 0 aromatic carbocycles. The van der Waals surface area contributed by atoms with Crippen LogP contribution < -0.4 is 10.3 Å². The minimum absolute atomic E-state index is 0.478. The molecule has 2 N–H and O–H groups in total. The van der Waals surface area contributed by atoms with E-state index in [2.05, 4.69) is 15.1 Å². The van der Waals surface area contributed by atoms with Crippen LogP contribution in [0.5, 0.6) is 0 Å². The van der Waals surface area contributed by atoms with E-state index in [-0.39, 0.29) is 0 Å². The van der Waals surface area contributed by atoms with Crippen LogP contribution in [-0.2, 0) is 7.05 Å². The van der Waals surface area contributed by atoms with Crippen LogP contribution in [0.25, 0.3) is 11.4 Å². The average molecular weight is 206 g/mol. The van der Waals surface area contributed by atoms with Crippen molar-refractivity contribution in [2.75, 3.05) is 5.73 Å². The Kier molecular flexibility index (Phi) is 2.11. The van der Waals surface area contributed by atoms with E-state index in [1.54, 1.807) is 17.8 Å². The third-order valence-corrected chi connectivity index (χ3v) is 2.17. The normalized spacial score (nSPS) is 10.6. The van der Waals surface area contributed by atoms with Crippen molar-refractivity contribution in [2.45, 2.75) is 13.8 Å². The van der Waals surface area contributed by atoms with Crippen molar-refractivity contribution in [3.63, 3.8) is 0 Å². The summed E-state index contributed by atoms with van der Waals surface area (Å²) in [5, 5.41) is 3.83. The van der Waals surface area contributed by atoms with Crippen LogP contribution in [0.15, 0.2) is 10.9 Å². The largest absolute Gasteiger partial charge is 0.339 e. The lowest BCUT2D eigenvalue weighted by Gasteiger charge is -2.01. The molecule has 0 radical (unpaired) electrons. The molecule has 0 atom stereocenters. The zero-order chi connectivity index (χ0) is 11.0. The Bertz CT molecular complexity index is 505. The summed E-state index contributed by atoms with van der Waals surface area (Å²) < 4.78 is 6.63. The Morgan fingerprint density at radius 2 is 2.13 bits per heavy atom. The molecule has 15 heavy (non-hydrogen) atoms. The molecule has 0 fully saturated rings. The first kappa shape index (κ1) is 9.57. The Labute approximate surface area is 86.8 Å². The van der Waals surface area contributed by atoms with Gasteiger partial charge in [-0.15, -0.1) is 4.98 Å². The van der Waals surface area contributed by atoms with Crippen LogP contribution in [0.1, 0.15) is 11.6 Å². The van der Waals surface area contributed by atoms with Crippen LogP contribution >= 0.6 is 0 Å². The molecule has 6 nitrogen and oxygen atoms in total. The van der Waals surface area contributed by atoms with Gasteiger partial charge in [0.15, 0.2) is 0 Å². The fourth-order valence-corrected chi connectivity index (χ4v) is 1.34. The summed E-state index contributed by atoms with van der Waals surface area (Å²) in [5.74, 6) is 1.56. The van der Waals surface area contributed by atoms with Crippen molar-refractivity contribution in [3.8, 4) is 11.4 Å². The highest BCUT2D eigenvalue weighted by molar-refractivity contribution is 5.67. The van der Waals surface area contributed by atoms with Crippen molar-refractivity contribution < 1.29 is 9.09 Å². The van der Waals surface area contributed by atoms with Gasteiger partial charge in [-0.2, -0.15) is 4.98 Å². The third kappa shape index (κ3) is 1.54. The molecule has 2 rings (SSSR count). The number of aromatic nitrogens is 4. The van der Waals surface area contributed by atoms with Crippen LogP contribution in [0, 0.1) is 13.8 Å². The Morgan fingerprint density at radius 1 is 1.40 bits per heavy atom. The molecule has 0 aliphatic rings. The molecule has 0 aliphatic carbocycles. The number of nitrogen functional groups attached to an aromatic ring is 1. The van der Waals surface area contributed by atoms with Crippen LogP contribution in [-0.4, -0.2) is 15.1 Å². The Balaban J connectivity index is 2.66. The second-order valence-corrected chi connectivity index (χ2v) is 3.34. The molecule has 2 heterocycles. The average Bonchev–Trinajstić information content (AvgIpc) is 2.59. The lowest BCUT2D eigenvalue weighted by Crippen LogP contribution is -2.33. The van der Waals surface area contributed by atoms with Gasteiger partial charge in [-0.3, -0.25) is 0 Å². The fourth-order valence-electron chi connectivity index (χ4n) is 1.34. The van der Waals surface area contributed by atoms with E-state index in [1.807, 2.05) is 14.0 Å². The van der Waals surface area contributed by atoms with Crippen LogP contribution in [0.4, 0.5) is 5.82 Å². The number of hydrogen-bond donors (Lipinski definition) is 1. The molecular weight excluding hydrogens is 194 g/mol. The highest BCUT2D eigenvalue weighted by Crippen LogP contribution is 2.22. The predicted octanol–water partition coefficient (Wildman–Crippen LogP) is 0.155. The minimum Gasteiger partial charge on any atom is -0.339 e. The summed E-state index contributed by atoms with van der Waals surface area (Å²) >= 11 is 0. The van der Waals surface area contributed by atoms with Gasteiger partial charge < -0.3 is 10.3 Å². The van der Waals surface area contributed by atoms with E-state index >= 15 is 0 Å². The molecule has 6 heteroatoms. The number of nitrogens with two attached hydrogens (primary N) is 1. The molecular formula is C9H12N5O+. The molecule has 0 bridgehead atoms. The molecule has 0 aliphatic heterocycles. The lowest BCUT2D eigenvalue weighted by atomic mass is 10.2. The molecule has 0 amide bonds. The summed E-state index contributed by atoms with van der Waals surface area (Å²) in [5.41, 5.74) is 7.43. The van der Waals surface area contributed by atoms with Crippen LogP contribution in [0.3, 0.4) is 0 Å². The van der Waals surface area contributed by atoms with Gasteiger partial charge in [0.05, 0.1) is 7.05 Å². The van der Waals surface area contributed by atoms with Gasteiger partial charge in [0, 0.05) is 6.92 Å². The minimum atomic E-state index is 0.478. The zero-order valence-corrected chi connectivity index (χ0v) is 8.85. The lowest BCUT2D eigenvalue weighted by molar-refractivity contribution is -0.659. The van der Waals surface area contributed by atoms with Gasteiger partial charge in [-0.25, -0.2) is 4.57 Å². The van der Waals surface area contributed by atoms with E-state index in [0.29, 0.717) is 17.5 Å².